The molecule has 0 aliphatic heterocycles. The van der Waals surface area contributed by atoms with Crippen LogP contribution in [0.5, 0.6) is 0 Å². The summed E-state index contributed by atoms with van der Waals surface area (Å²) in [5, 5.41) is 7.32. The van der Waals surface area contributed by atoms with Crippen LogP contribution in [0.25, 0.3) is 17.1 Å². The van der Waals surface area contributed by atoms with Gasteiger partial charge in [-0.05, 0) is 30.2 Å². The van der Waals surface area contributed by atoms with E-state index in [-0.39, 0.29) is 6.61 Å². The highest BCUT2D eigenvalue weighted by molar-refractivity contribution is 5.67. The van der Waals surface area contributed by atoms with Gasteiger partial charge in [0.05, 0.1) is 5.69 Å². The third-order valence-electron chi connectivity index (χ3n) is 4.65. The maximum Gasteiger partial charge on any atom is 0.407 e. The van der Waals surface area contributed by atoms with Gasteiger partial charge < -0.3 is 10.1 Å². The van der Waals surface area contributed by atoms with Crippen molar-refractivity contribution in [2.45, 2.75) is 20.1 Å². The van der Waals surface area contributed by atoms with Crippen LogP contribution in [-0.4, -0.2) is 20.9 Å². The number of ether oxygens (including phenoxy) is 1. The van der Waals surface area contributed by atoms with Gasteiger partial charge in [0.1, 0.15) is 12.9 Å². The van der Waals surface area contributed by atoms with Gasteiger partial charge in [-0.15, -0.1) is 5.10 Å². The van der Waals surface area contributed by atoms with Crippen LogP contribution >= 0.6 is 0 Å². The smallest absolute Gasteiger partial charge is 0.407 e. The van der Waals surface area contributed by atoms with Gasteiger partial charge in [-0.2, -0.15) is 0 Å². The Bertz CT molecular complexity index is 1100. The number of nitrogens with one attached hydrogen (secondary N) is 1. The molecular weight excluding hydrogens is 376 g/mol. The summed E-state index contributed by atoms with van der Waals surface area (Å²) in [4.78, 5) is 16.3. The first-order valence-electron chi connectivity index (χ1n) is 9.70. The maximum atomic E-state index is 11.9. The molecule has 0 bridgehead atoms. The number of aryl methyl sites for hydroxylation is 1. The highest BCUT2D eigenvalue weighted by Gasteiger charge is 2.07. The summed E-state index contributed by atoms with van der Waals surface area (Å²) in [6.07, 6.45) is 1.26. The molecule has 0 unspecified atom stereocenters. The molecule has 4 rings (SSSR count). The van der Waals surface area contributed by atoms with E-state index < -0.39 is 6.09 Å². The summed E-state index contributed by atoms with van der Waals surface area (Å²) >= 11 is 0. The molecule has 3 aromatic carbocycles. The molecule has 0 saturated heterocycles. The molecule has 0 spiro atoms. The van der Waals surface area contributed by atoms with Crippen molar-refractivity contribution in [2.24, 2.45) is 0 Å². The number of rotatable bonds is 6. The minimum Gasteiger partial charge on any atom is -0.445 e. The van der Waals surface area contributed by atoms with Crippen LogP contribution in [0.2, 0.25) is 0 Å². The Morgan fingerprint density at radius 2 is 1.67 bits per heavy atom. The van der Waals surface area contributed by atoms with Gasteiger partial charge in [-0.25, -0.2) is 14.5 Å². The third kappa shape index (κ3) is 4.91. The molecule has 1 amide bonds. The zero-order chi connectivity index (χ0) is 20.8. The summed E-state index contributed by atoms with van der Waals surface area (Å²) in [6.45, 7) is 2.69. The van der Waals surface area contributed by atoms with E-state index in [2.05, 4.69) is 22.3 Å². The van der Waals surface area contributed by atoms with Crippen LogP contribution in [0, 0.1) is 6.92 Å². The lowest BCUT2D eigenvalue weighted by atomic mass is 10.1. The molecule has 150 valence electrons. The summed E-state index contributed by atoms with van der Waals surface area (Å²) in [5.74, 6) is 0.650. The molecule has 0 aliphatic carbocycles. The van der Waals surface area contributed by atoms with Crippen molar-refractivity contribution in [1.82, 2.24) is 20.1 Å². The number of hydrogen-bond donors (Lipinski definition) is 1. The summed E-state index contributed by atoms with van der Waals surface area (Å²) in [6, 6.07) is 25.5. The average molecular weight is 398 g/mol. The van der Waals surface area contributed by atoms with Crippen LogP contribution in [0.1, 0.15) is 16.7 Å². The topological polar surface area (TPSA) is 69.0 Å². The van der Waals surface area contributed by atoms with Crippen LogP contribution in [0.3, 0.4) is 0 Å². The molecule has 1 heterocycles. The Kier molecular flexibility index (Phi) is 5.85. The summed E-state index contributed by atoms with van der Waals surface area (Å²) in [5.41, 5.74) is 5.00. The van der Waals surface area contributed by atoms with E-state index in [1.807, 2.05) is 78.9 Å². The van der Waals surface area contributed by atoms with Crippen molar-refractivity contribution < 1.29 is 9.53 Å². The van der Waals surface area contributed by atoms with Crippen molar-refractivity contribution in [3.63, 3.8) is 0 Å². The fraction of sp³-hybridized carbons (Fsp3) is 0.125. The largest absolute Gasteiger partial charge is 0.445 e. The van der Waals surface area contributed by atoms with E-state index in [0.29, 0.717) is 12.4 Å². The molecule has 30 heavy (non-hydrogen) atoms. The fourth-order valence-electron chi connectivity index (χ4n) is 2.94. The van der Waals surface area contributed by atoms with Crippen LogP contribution < -0.4 is 5.32 Å². The Balaban J connectivity index is 1.32. The lowest BCUT2D eigenvalue weighted by Gasteiger charge is -2.07. The van der Waals surface area contributed by atoms with E-state index in [9.17, 15) is 4.79 Å². The second-order valence-electron chi connectivity index (χ2n) is 6.96. The molecule has 0 atom stereocenters. The second kappa shape index (κ2) is 9.05. The number of carbonyl (C=O) groups excluding carboxylic acids is 1. The molecule has 1 aromatic heterocycles. The molecule has 6 heteroatoms. The van der Waals surface area contributed by atoms with Crippen molar-refractivity contribution in [3.05, 3.63) is 102 Å². The predicted molar refractivity (Wildman–Crippen MR) is 115 cm³/mol. The van der Waals surface area contributed by atoms with Crippen molar-refractivity contribution in [2.75, 3.05) is 0 Å². The number of nitrogens with zero attached hydrogens (tertiary/aromatic N) is 3. The van der Waals surface area contributed by atoms with Crippen LogP contribution in [-0.2, 0) is 17.9 Å². The average Bonchev–Trinajstić information content (AvgIpc) is 3.28. The van der Waals surface area contributed by atoms with E-state index in [0.717, 1.165) is 22.4 Å². The number of aromatic nitrogens is 3. The molecule has 1 N–H and O–H groups in total. The monoisotopic (exact) mass is 398 g/mol. The molecule has 4 aromatic rings. The molecular formula is C24H22N4O2. The van der Waals surface area contributed by atoms with Crippen molar-refractivity contribution >= 4 is 6.09 Å². The van der Waals surface area contributed by atoms with Gasteiger partial charge in [0.2, 0.25) is 0 Å². The first kappa shape index (κ1) is 19.4. The standard InChI is InChI=1S/C24H22N4O2/c1-18-7-13-22(14-8-18)28-17-26-23(27-28)21-11-9-19(10-12-21)15-25-24(29)30-16-20-5-3-2-4-6-20/h2-14,17H,15-16H2,1H3,(H,25,29). The van der Waals surface area contributed by atoms with Gasteiger partial charge in [0.15, 0.2) is 5.82 Å². The number of carbonyl (C=O) groups is 1. The molecule has 6 nitrogen and oxygen atoms in total. The van der Waals surface area contributed by atoms with E-state index in [1.54, 1.807) is 11.0 Å². The van der Waals surface area contributed by atoms with E-state index in [4.69, 9.17) is 4.74 Å². The zero-order valence-corrected chi connectivity index (χ0v) is 16.7. The predicted octanol–water partition coefficient (Wildman–Crippen LogP) is 4.67. The minimum absolute atomic E-state index is 0.251. The Labute approximate surface area is 175 Å². The van der Waals surface area contributed by atoms with Gasteiger partial charge in [-0.1, -0.05) is 72.3 Å². The van der Waals surface area contributed by atoms with Crippen LogP contribution in [0.4, 0.5) is 4.79 Å². The highest BCUT2D eigenvalue weighted by Crippen LogP contribution is 2.17. The van der Waals surface area contributed by atoms with Gasteiger partial charge in [0, 0.05) is 12.1 Å². The Morgan fingerprint density at radius 1 is 0.933 bits per heavy atom. The van der Waals surface area contributed by atoms with Crippen LogP contribution in [0.15, 0.2) is 85.2 Å². The zero-order valence-electron chi connectivity index (χ0n) is 16.7. The van der Waals surface area contributed by atoms with Crippen molar-refractivity contribution in [3.8, 4) is 17.1 Å². The molecule has 0 radical (unpaired) electrons. The third-order valence-corrected chi connectivity index (χ3v) is 4.65. The SMILES string of the molecule is Cc1ccc(-n2cnc(-c3ccc(CNC(=O)OCc4ccccc4)cc3)n2)cc1. The number of hydrogen-bond acceptors (Lipinski definition) is 4. The number of alkyl carbamates (subject to hydrolysis) is 1. The quantitative estimate of drug-likeness (QED) is 0.512. The Hall–Kier alpha value is -3.93. The normalized spacial score (nSPS) is 10.6. The van der Waals surface area contributed by atoms with E-state index in [1.165, 1.54) is 5.56 Å². The van der Waals surface area contributed by atoms with Gasteiger partial charge >= 0.3 is 6.09 Å². The minimum atomic E-state index is -0.443. The molecule has 0 saturated carbocycles. The fourth-order valence-corrected chi connectivity index (χ4v) is 2.94. The van der Waals surface area contributed by atoms with Crippen molar-refractivity contribution in [1.29, 1.82) is 0 Å². The molecule has 0 aliphatic rings. The summed E-state index contributed by atoms with van der Waals surface area (Å²) in [7, 11) is 0. The molecule has 0 fully saturated rings. The summed E-state index contributed by atoms with van der Waals surface area (Å²) < 4.78 is 6.98. The number of benzene rings is 3. The van der Waals surface area contributed by atoms with Gasteiger partial charge in [-0.3, -0.25) is 0 Å². The van der Waals surface area contributed by atoms with Gasteiger partial charge in [0.25, 0.3) is 0 Å². The second-order valence-corrected chi connectivity index (χ2v) is 6.96. The first-order valence-corrected chi connectivity index (χ1v) is 9.70. The first-order chi connectivity index (χ1) is 14.7. The maximum absolute atomic E-state index is 11.9. The lowest BCUT2D eigenvalue weighted by Crippen LogP contribution is -2.23. The number of amides is 1. The highest BCUT2D eigenvalue weighted by atomic mass is 16.5. The Morgan fingerprint density at radius 3 is 2.40 bits per heavy atom. The van der Waals surface area contributed by atoms with E-state index >= 15 is 0 Å². The lowest BCUT2D eigenvalue weighted by molar-refractivity contribution is 0.139.